The van der Waals surface area contributed by atoms with Crippen molar-refractivity contribution in [1.29, 1.82) is 0 Å². The summed E-state index contributed by atoms with van der Waals surface area (Å²) >= 11 is 9.32. The van der Waals surface area contributed by atoms with Gasteiger partial charge in [-0.3, -0.25) is 0 Å². The average Bonchev–Trinajstić information content (AvgIpc) is 2.42. The largest absolute Gasteiger partial charge is 0.398 e. The Morgan fingerprint density at radius 3 is 2.70 bits per heavy atom. The van der Waals surface area contributed by atoms with E-state index in [9.17, 15) is 4.79 Å². The van der Waals surface area contributed by atoms with E-state index in [1.807, 2.05) is 24.3 Å². The Labute approximate surface area is 130 Å². The Hall–Kier alpha value is -1.72. The van der Waals surface area contributed by atoms with Gasteiger partial charge in [-0.15, -0.1) is 0 Å². The van der Waals surface area contributed by atoms with Crippen molar-refractivity contribution in [1.82, 2.24) is 5.32 Å². The van der Waals surface area contributed by atoms with Crippen LogP contribution in [0, 0.1) is 0 Å². The molecule has 0 aliphatic heterocycles. The topological polar surface area (TPSA) is 67.1 Å². The van der Waals surface area contributed by atoms with Gasteiger partial charge in [0.2, 0.25) is 0 Å². The third-order valence-electron chi connectivity index (χ3n) is 2.66. The van der Waals surface area contributed by atoms with Crippen molar-refractivity contribution >= 4 is 44.9 Å². The Bertz CT molecular complexity index is 634. The third kappa shape index (κ3) is 3.88. The van der Waals surface area contributed by atoms with Crippen LogP contribution in [0.25, 0.3) is 0 Å². The molecule has 0 unspecified atom stereocenters. The van der Waals surface area contributed by atoms with Crippen LogP contribution in [0.4, 0.5) is 16.2 Å². The standard InChI is InChI=1S/C14H13BrClN3O/c15-11-4-2-1-3-9(11)8-18-14(20)19-10-5-6-13(17)12(16)7-10/h1-7H,8,17H2,(H2,18,19,20). The first-order chi connectivity index (χ1) is 9.56. The summed E-state index contributed by atoms with van der Waals surface area (Å²) in [7, 11) is 0. The molecule has 2 rings (SSSR count). The zero-order chi connectivity index (χ0) is 14.5. The lowest BCUT2D eigenvalue weighted by molar-refractivity contribution is 0.251. The fraction of sp³-hybridized carbons (Fsp3) is 0.0714. The van der Waals surface area contributed by atoms with Crippen LogP contribution >= 0.6 is 27.5 Å². The van der Waals surface area contributed by atoms with E-state index in [1.165, 1.54) is 0 Å². The normalized spacial score (nSPS) is 10.1. The Kier molecular flexibility index (Phi) is 4.87. The first-order valence-electron chi connectivity index (χ1n) is 5.89. The number of benzene rings is 2. The molecule has 20 heavy (non-hydrogen) atoms. The number of carbonyl (C=O) groups is 1. The minimum atomic E-state index is -0.304. The van der Waals surface area contributed by atoms with Crippen LogP contribution in [-0.4, -0.2) is 6.03 Å². The van der Waals surface area contributed by atoms with Crippen LogP contribution in [0.1, 0.15) is 5.56 Å². The number of nitrogens with one attached hydrogen (secondary N) is 2. The molecule has 4 nitrogen and oxygen atoms in total. The summed E-state index contributed by atoms with van der Waals surface area (Å²) in [5.41, 5.74) is 7.67. The van der Waals surface area contributed by atoms with Crippen molar-refractivity contribution in [3.8, 4) is 0 Å². The van der Waals surface area contributed by atoms with E-state index in [4.69, 9.17) is 17.3 Å². The number of nitrogen functional groups attached to an aromatic ring is 1. The molecule has 0 saturated heterocycles. The van der Waals surface area contributed by atoms with Gasteiger partial charge in [0.15, 0.2) is 0 Å². The van der Waals surface area contributed by atoms with Gasteiger partial charge < -0.3 is 16.4 Å². The molecule has 6 heteroatoms. The second kappa shape index (κ2) is 6.63. The lowest BCUT2D eigenvalue weighted by Crippen LogP contribution is -2.28. The predicted octanol–water partition coefficient (Wildman–Crippen LogP) is 4.01. The molecule has 104 valence electrons. The van der Waals surface area contributed by atoms with Gasteiger partial charge >= 0.3 is 6.03 Å². The highest BCUT2D eigenvalue weighted by molar-refractivity contribution is 9.10. The highest BCUT2D eigenvalue weighted by Crippen LogP contribution is 2.22. The zero-order valence-corrected chi connectivity index (χ0v) is 12.8. The van der Waals surface area contributed by atoms with E-state index in [1.54, 1.807) is 18.2 Å². The van der Waals surface area contributed by atoms with Crippen molar-refractivity contribution in [2.24, 2.45) is 0 Å². The molecule has 2 aromatic carbocycles. The SMILES string of the molecule is Nc1ccc(NC(=O)NCc2ccccc2Br)cc1Cl. The minimum absolute atomic E-state index is 0.304. The molecule has 0 spiro atoms. The maximum atomic E-state index is 11.8. The first-order valence-corrected chi connectivity index (χ1v) is 7.06. The van der Waals surface area contributed by atoms with Gasteiger partial charge in [-0.05, 0) is 29.8 Å². The van der Waals surface area contributed by atoms with Gasteiger partial charge in [-0.2, -0.15) is 0 Å². The highest BCUT2D eigenvalue weighted by atomic mass is 79.9. The lowest BCUT2D eigenvalue weighted by atomic mass is 10.2. The lowest BCUT2D eigenvalue weighted by Gasteiger charge is -2.09. The van der Waals surface area contributed by atoms with Gasteiger partial charge in [0, 0.05) is 16.7 Å². The van der Waals surface area contributed by atoms with E-state index < -0.39 is 0 Å². The molecule has 0 aliphatic carbocycles. The summed E-state index contributed by atoms with van der Waals surface area (Å²) in [5.74, 6) is 0. The maximum absolute atomic E-state index is 11.8. The van der Waals surface area contributed by atoms with E-state index >= 15 is 0 Å². The number of halogens is 2. The molecule has 2 amide bonds. The van der Waals surface area contributed by atoms with Crippen LogP contribution in [0.2, 0.25) is 5.02 Å². The summed E-state index contributed by atoms with van der Waals surface area (Å²) < 4.78 is 0.954. The van der Waals surface area contributed by atoms with Crippen LogP contribution in [0.3, 0.4) is 0 Å². The van der Waals surface area contributed by atoms with Crippen LogP contribution in [0.5, 0.6) is 0 Å². The number of carbonyl (C=O) groups excluding carboxylic acids is 1. The maximum Gasteiger partial charge on any atom is 0.319 e. The van der Waals surface area contributed by atoms with E-state index in [2.05, 4.69) is 26.6 Å². The second-order valence-corrected chi connectivity index (χ2v) is 5.40. The molecular formula is C14H13BrClN3O. The Morgan fingerprint density at radius 1 is 1.25 bits per heavy atom. The molecule has 0 atom stereocenters. The van der Waals surface area contributed by atoms with Crippen LogP contribution in [0.15, 0.2) is 46.9 Å². The summed E-state index contributed by atoms with van der Waals surface area (Å²) in [6, 6.07) is 12.3. The monoisotopic (exact) mass is 353 g/mol. The van der Waals surface area contributed by atoms with Gasteiger partial charge in [-0.25, -0.2) is 4.79 Å². The average molecular weight is 355 g/mol. The van der Waals surface area contributed by atoms with Crippen LogP contribution in [-0.2, 0) is 6.54 Å². The number of hydrogen-bond acceptors (Lipinski definition) is 2. The van der Waals surface area contributed by atoms with Crippen molar-refractivity contribution in [3.63, 3.8) is 0 Å². The van der Waals surface area contributed by atoms with E-state index in [0.717, 1.165) is 10.0 Å². The molecule has 0 saturated carbocycles. The molecular weight excluding hydrogens is 342 g/mol. The van der Waals surface area contributed by atoms with Gasteiger partial charge in [0.1, 0.15) is 0 Å². The number of urea groups is 1. The highest BCUT2D eigenvalue weighted by Gasteiger charge is 2.05. The van der Waals surface area contributed by atoms with Crippen LogP contribution < -0.4 is 16.4 Å². The molecule has 4 N–H and O–H groups in total. The van der Waals surface area contributed by atoms with Crippen molar-refractivity contribution in [2.75, 3.05) is 11.1 Å². The summed E-state index contributed by atoms with van der Waals surface area (Å²) in [6.07, 6.45) is 0. The van der Waals surface area contributed by atoms with Crippen molar-refractivity contribution in [3.05, 3.63) is 57.5 Å². The number of nitrogens with two attached hydrogens (primary N) is 1. The predicted molar refractivity (Wildman–Crippen MR) is 85.9 cm³/mol. The summed E-state index contributed by atoms with van der Waals surface area (Å²) in [5, 5.41) is 5.87. The van der Waals surface area contributed by atoms with Gasteiger partial charge in [-0.1, -0.05) is 45.7 Å². The molecule has 0 aliphatic rings. The minimum Gasteiger partial charge on any atom is -0.398 e. The zero-order valence-electron chi connectivity index (χ0n) is 10.5. The quantitative estimate of drug-likeness (QED) is 0.729. The molecule has 0 bridgehead atoms. The fourth-order valence-electron chi connectivity index (χ4n) is 1.60. The summed E-state index contributed by atoms with van der Waals surface area (Å²) in [4.78, 5) is 11.8. The molecule has 0 aromatic heterocycles. The first kappa shape index (κ1) is 14.7. The third-order valence-corrected chi connectivity index (χ3v) is 3.76. The van der Waals surface area contributed by atoms with E-state index in [-0.39, 0.29) is 6.03 Å². The van der Waals surface area contributed by atoms with Gasteiger partial charge in [0.05, 0.1) is 10.7 Å². The molecule has 0 heterocycles. The fourth-order valence-corrected chi connectivity index (χ4v) is 2.20. The molecule has 2 aromatic rings. The number of rotatable bonds is 3. The summed E-state index contributed by atoms with van der Waals surface area (Å²) in [6.45, 7) is 0.427. The smallest absolute Gasteiger partial charge is 0.319 e. The Morgan fingerprint density at radius 2 is 2.00 bits per heavy atom. The van der Waals surface area contributed by atoms with Crippen molar-refractivity contribution in [2.45, 2.75) is 6.54 Å². The van der Waals surface area contributed by atoms with Crippen molar-refractivity contribution < 1.29 is 4.79 Å². The Balaban J connectivity index is 1.93. The van der Waals surface area contributed by atoms with Gasteiger partial charge in [0.25, 0.3) is 0 Å². The number of anilines is 2. The number of hydrogen-bond donors (Lipinski definition) is 3. The molecule has 0 fully saturated rings. The second-order valence-electron chi connectivity index (χ2n) is 4.14. The number of amides is 2. The van der Waals surface area contributed by atoms with E-state index in [0.29, 0.717) is 22.9 Å². The molecule has 0 radical (unpaired) electrons.